The standard InChI is InChI=1S/C14H17N3O2/c1-3-10-6-4-5-7-11(10)19-14-8-12(15)16-13(17-14)9-18-2/h4-8H,3,9H2,1-2H3,(H2,15,16,17). The first-order chi connectivity index (χ1) is 9.22. The van der Waals surface area contributed by atoms with Crippen LogP contribution >= 0.6 is 0 Å². The van der Waals surface area contributed by atoms with Gasteiger partial charge in [0.1, 0.15) is 18.2 Å². The van der Waals surface area contributed by atoms with Gasteiger partial charge in [-0.1, -0.05) is 25.1 Å². The zero-order valence-corrected chi connectivity index (χ0v) is 11.1. The van der Waals surface area contributed by atoms with Crippen LogP contribution in [-0.4, -0.2) is 17.1 Å². The summed E-state index contributed by atoms with van der Waals surface area (Å²) < 4.78 is 10.8. The average molecular weight is 259 g/mol. The second-order valence-corrected chi connectivity index (χ2v) is 4.04. The van der Waals surface area contributed by atoms with Crippen LogP contribution in [0.2, 0.25) is 0 Å². The molecule has 0 fully saturated rings. The van der Waals surface area contributed by atoms with Crippen molar-refractivity contribution in [2.24, 2.45) is 0 Å². The van der Waals surface area contributed by atoms with E-state index in [9.17, 15) is 0 Å². The van der Waals surface area contributed by atoms with Gasteiger partial charge in [-0.05, 0) is 18.1 Å². The molecule has 0 unspecified atom stereocenters. The van der Waals surface area contributed by atoms with E-state index in [1.165, 1.54) is 0 Å². The van der Waals surface area contributed by atoms with E-state index in [4.69, 9.17) is 15.2 Å². The predicted molar refractivity (Wildman–Crippen MR) is 73.1 cm³/mol. The molecule has 2 N–H and O–H groups in total. The van der Waals surface area contributed by atoms with Crippen LogP contribution in [0.5, 0.6) is 11.6 Å². The number of ether oxygens (including phenoxy) is 2. The number of nitrogen functional groups attached to an aromatic ring is 1. The summed E-state index contributed by atoms with van der Waals surface area (Å²) in [6, 6.07) is 9.44. The highest BCUT2D eigenvalue weighted by molar-refractivity contribution is 5.39. The molecule has 0 amide bonds. The Morgan fingerprint density at radius 3 is 2.74 bits per heavy atom. The van der Waals surface area contributed by atoms with E-state index in [0.29, 0.717) is 24.1 Å². The van der Waals surface area contributed by atoms with E-state index in [1.807, 2.05) is 24.3 Å². The molecule has 0 atom stereocenters. The first-order valence-corrected chi connectivity index (χ1v) is 6.11. The Labute approximate surface area is 112 Å². The van der Waals surface area contributed by atoms with Gasteiger partial charge in [0.2, 0.25) is 5.88 Å². The molecule has 0 radical (unpaired) electrons. The van der Waals surface area contributed by atoms with Gasteiger partial charge in [-0.2, -0.15) is 4.98 Å². The van der Waals surface area contributed by atoms with Crippen molar-refractivity contribution in [1.82, 2.24) is 9.97 Å². The lowest BCUT2D eigenvalue weighted by atomic mass is 10.1. The van der Waals surface area contributed by atoms with Gasteiger partial charge >= 0.3 is 0 Å². The summed E-state index contributed by atoms with van der Waals surface area (Å²) in [6.45, 7) is 2.38. The molecule has 100 valence electrons. The van der Waals surface area contributed by atoms with Gasteiger partial charge < -0.3 is 15.2 Å². The number of hydrogen-bond acceptors (Lipinski definition) is 5. The van der Waals surface area contributed by atoms with Crippen molar-refractivity contribution >= 4 is 5.82 Å². The van der Waals surface area contributed by atoms with E-state index in [1.54, 1.807) is 13.2 Å². The maximum Gasteiger partial charge on any atom is 0.224 e. The Morgan fingerprint density at radius 2 is 2.00 bits per heavy atom. The molecule has 0 aliphatic carbocycles. The number of nitrogens with zero attached hydrogens (tertiary/aromatic N) is 2. The third kappa shape index (κ3) is 3.42. The van der Waals surface area contributed by atoms with Crippen LogP contribution in [0, 0.1) is 0 Å². The fourth-order valence-corrected chi connectivity index (χ4v) is 1.75. The van der Waals surface area contributed by atoms with Crippen molar-refractivity contribution in [3.8, 4) is 11.6 Å². The zero-order chi connectivity index (χ0) is 13.7. The molecule has 19 heavy (non-hydrogen) atoms. The third-order valence-corrected chi connectivity index (χ3v) is 2.61. The van der Waals surface area contributed by atoms with Crippen LogP contribution in [-0.2, 0) is 17.8 Å². The number of nitrogens with two attached hydrogens (primary N) is 1. The van der Waals surface area contributed by atoms with Crippen LogP contribution in [0.15, 0.2) is 30.3 Å². The fourth-order valence-electron chi connectivity index (χ4n) is 1.75. The quantitative estimate of drug-likeness (QED) is 0.893. The minimum Gasteiger partial charge on any atom is -0.439 e. The monoisotopic (exact) mass is 259 g/mol. The maximum absolute atomic E-state index is 5.78. The van der Waals surface area contributed by atoms with E-state index >= 15 is 0 Å². The highest BCUT2D eigenvalue weighted by atomic mass is 16.5. The Bertz CT molecular complexity index is 558. The van der Waals surface area contributed by atoms with Gasteiger partial charge in [-0.15, -0.1) is 0 Å². The summed E-state index contributed by atoms with van der Waals surface area (Å²) in [5, 5.41) is 0. The molecule has 0 aliphatic rings. The van der Waals surface area contributed by atoms with E-state index < -0.39 is 0 Å². The largest absolute Gasteiger partial charge is 0.439 e. The van der Waals surface area contributed by atoms with E-state index in [0.717, 1.165) is 17.7 Å². The molecule has 2 rings (SSSR count). The highest BCUT2D eigenvalue weighted by Gasteiger charge is 2.07. The number of para-hydroxylation sites is 1. The molecule has 0 spiro atoms. The van der Waals surface area contributed by atoms with Gasteiger partial charge in [-0.25, -0.2) is 4.98 Å². The van der Waals surface area contributed by atoms with Crippen molar-refractivity contribution in [2.45, 2.75) is 20.0 Å². The number of methoxy groups -OCH3 is 1. The van der Waals surface area contributed by atoms with Gasteiger partial charge in [0.05, 0.1) is 0 Å². The summed E-state index contributed by atoms with van der Waals surface area (Å²) >= 11 is 0. The smallest absolute Gasteiger partial charge is 0.224 e. The molecular weight excluding hydrogens is 242 g/mol. The number of aryl methyl sites for hydroxylation is 1. The van der Waals surface area contributed by atoms with Crippen LogP contribution < -0.4 is 10.5 Å². The lowest BCUT2D eigenvalue weighted by Crippen LogP contribution is -2.03. The minimum absolute atomic E-state index is 0.302. The number of rotatable bonds is 5. The van der Waals surface area contributed by atoms with Gasteiger partial charge in [0.25, 0.3) is 0 Å². The molecular formula is C14H17N3O2. The van der Waals surface area contributed by atoms with Crippen LogP contribution in [0.4, 0.5) is 5.82 Å². The third-order valence-electron chi connectivity index (χ3n) is 2.61. The predicted octanol–water partition coefficient (Wildman–Crippen LogP) is 2.56. The van der Waals surface area contributed by atoms with Crippen molar-refractivity contribution < 1.29 is 9.47 Å². The first-order valence-electron chi connectivity index (χ1n) is 6.11. The second kappa shape index (κ2) is 6.15. The second-order valence-electron chi connectivity index (χ2n) is 4.04. The number of aromatic nitrogens is 2. The van der Waals surface area contributed by atoms with Gasteiger partial charge in [0, 0.05) is 13.2 Å². The molecule has 1 aromatic heterocycles. The number of benzene rings is 1. The molecule has 2 aromatic rings. The van der Waals surface area contributed by atoms with Crippen molar-refractivity contribution in [1.29, 1.82) is 0 Å². The van der Waals surface area contributed by atoms with E-state index in [2.05, 4.69) is 16.9 Å². The molecule has 5 heteroatoms. The highest BCUT2D eigenvalue weighted by Crippen LogP contribution is 2.25. The summed E-state index contributed by atoms with van der Waals surface area (Å²) in [6.07, 6.45) is 0.891. The Balaban J connectivity index is 2.27. The van der Waals surface area contributed by atoms with Crippen molar-refractivity contribution in [2.75, 3.05) is 12.8 Å². The van der Waals surface area contributed by atoms with Crippen molar-refractivity contribution in [3.05, 3.63) is 41.7 Å². The Kier molecular flexibility index (Phi) is 4.30. The van der Waals surface area contributed by atoms with Crippen molar-refractivity contribution in [3.63, 3.8) is 0 Å². The fraction of sp³-hybridized carbons (Fsp3) is 0.286. The molecule has 0 aliphatic heterocycles. The molecule has 0 bridgehead atoms. The average Bonchev–Trinajstić information content (AvgIpc) is 2.39. The Morgan fingerprint density at radius 1 is 1.21 bits per heavy atom. The van der Waals surface area contributed by atoms with Gasteiger partial charge in [0.15, 0.2) is 5.82 Å². The summed E-state index contributed by atoms with van der Waals surface area (Å²) in [4.78, 5) is 8.33. The van der Waals surface area contributed by atoms with E-state index in [-0.39, 0.29) is 0 Å². The molecule has 0 saturated heterocycles. The maximum atomic E-state index is 5.78. The van der Waals surface area contributed by atoms with Crippen LogP contribution in [0.25, 0.3) is 0 Å². The number of anilines is 1. The molecule has 5 nitrogen and oxygen atoms in total. The number of hydrogen-bond donors (Lipinski definition) is 1. The van der Waals surface area contributed by atoms with Gasteiger partial charge in [-0.3, -0.25) is 0 Å². The molecule has 1 aromatic carbocycles. The normalized spacial score (nSPS) is 10.4. The topological polar surface area (TPSA) is 70.3 Å². The lowest BCUT2D eigenvalue weighted by molar-refractivity contribution is 0.177. The lowest BCUT2D eigenvalue weighted by Gasteiger charge is -2.10. The van der Waals surface area contributed by atoms with Crippen LogP contribution in [0.1, 0.15) is 18.3 Å². The molecule has 1 heterocycles. The molecule has 0 saturated carbocycles. The van der Waals surface area contributed by atoms with Crippen LogP contribution in [0.3, 0.4) is 0 Å². The minimum atomic E-state index is 0.302. The zero-order valence-electron chi connectivity index (χ0n) is 11.1. The SMILES string of the molecule is CCc1ccccc1Oc1cc(N)nc(COC)n1. The Hall–Kier alpha value is -2.14. The summed E-state index contributed by atoms with van der Waals surface area (Å²) in [7, 11) is 1.58. The first kappa shape index (κ1) is 13.3. The summed E-state index contributed by atoms with van der Waals surface area (Å²) in [5.41, 5.74) is 6.85. The summed E-state index contributed by atoms with van der Waals surface area (Å²) in [5.74, 6) is 2.09.